The molecule has 1 aromatic carbocycles. The van der Waals surface area contributed by atoms with Crippen LogP contribution in [0.1, 0.15) is 5.56 Å². The maximum absolute atomic E-state index is 11.9. The van der Waals surface area contributed by atoms with Crippen LogP contribution in [0.25, 0.3) is 6.08 Å². The van der Waals surface area contributed by atoms with Gasteiger partial charge in [0.05, 0.1) is 34.4 Å². The van der Waals surface area contributed by atoms with E-state index in [1.54, 1.807) is 30.4 Å². The highest BCUT2D eigenvalue weighted by atomic mass is 16.7. The van der Waals surface area contributed by atoms with Gasteiger partial charge in [0.15, 0.2) is 11.5 Å². The van der Waals surface area contributed by atoms with Crippen molar-refractivity contribution in [3.63, 3.8) is 0 Å². The van der Waals surface area contributed by atoms with Gasteiger partial charge < -0.3 is 19.0 Å². The van der Waals surface area contributed by atoms with Crippen molar-refractivity contribution in [2.24, 2.45) is 0 Å². The van der Waals surface area contributed by atoms with Crippen LogP contribution in [0, 0.1) is 0 Å². The van der Waals surface area contributed by atoms with E-state index >= 15 is 0 Å². The van der Waals surface area contributed by atoms with Crippen LogP contribution in [0.15, 0.2) is 43.5 Å². The molecule has 0 fully saturated rings. The van der Waals surface area contributed by atoms with Crippen LogP contribution in [0.2, 0.25) is 0 Å². The summed E-state index contributed by atoms with van der Waals surface area (Å²) in [5.74, 6) is 0.991. The summed E-state index contributed by atoms with van der Waals surface area (Å²) < 4.78 is 15.8. The van der Waals surface area contributed by atoms with Gasteiger partial charge in [0, 0.05) is 6.08 Å². The van der Waals surface area contributed by atoms with E-state index in [2.05, 4.69) is 13.2 Å². The molecule has 0 N–H and O–H groups in total. The second-order valence-corrected chi connectivity index (χ2v) is 4.63. The minimum Gasteiger partial charge on any atom is -0.493 e. The summed E-state index contributed by atoms with van der Waals surface area (Å²) in [4.78, 5) is 17.1. The molecule has 0 unspecified atom stereocenters. The molecule has 0 aromatic heterocycles. The van der Waals surface area contributed by atoms with Crippen molar-refractivity contribution in [3.8, 4) is 17.2 Å². The van der Waals surface area contributed by atoms with Crippen molar-refractivity contribution in [2.45, 2.75) is 0 Å². The van der Waals surface area contributed by atoms with Gasteiger partial charge in [-0.25, -0.2) is 4.79 Å². The minimum atomic E-state index is -0.507. The quantitative estimate of drug-likeness (QED) is 0.373. The number of methoxy groups -OCH3 is 3. The smallest absolute Gasteiger partial charge is 0.349 e. The van der Waals surface area contributed by atoms with Gasteiger partial charge in [-0.05, 0) is 23.8 Å². The average molecular weight is 333 g/mol. The van der Waals surface area contributed by atoms with Crippen molar-refractivity contribution in [1.82, 2.24) is 5.06 Å². The largest absolute Gasteiger partial charge is 0.493 e. The molecule has 0 spiro atoms. The van der Waals surface area contributed by atoms with Gasteiger partial charge in [-0.15, -0.1) is 18.2 Å². The number of benzene rings is 1. The second kappa shape index (κ2) is 10.1. The standard InChI is InChI=1S/C18H23NO5/c1-6-10-19(11-7-2)24-17(20)9-8-14-12-15(21-3)18(23-5)16(13-14)22-4/h6-9,12-13H,1-2,10-11H2,3-5H3/b9-8+. The number of carbonyl (C=O) groups excluding carboxylic acids is 1. The Labute approximate surface area is 142 Å². The average Bonchev–Trinajstić information content (AvgIpc) is 2.59. The van der Waals surface area contributed by atoms with E-state index in [4.69, 9.17) is 19.0 Å². The summed E-state index contributed by atoms with van der Waals surface area (Å²) in [5.41, 5.74) is 0.709. The molecule has 0 saturated carbocycles. The lowest BCUT2D eigenvalue weighted by molar-refractivity contribution is -0.178. The maximum atomic E-state index is 11.9. The van der Waals surface area contributed by atoms with Gasteiger partial charge in [-0.2, -0.15) is 0 Å². The Kier molecular flexibility index (Phi) is 8.15. The van der Waals surface area contributed by atoms with Crippen molar-refractivity contribution in [1.29, 1.82) is 0 Å². The Balaban J connectivity index is 2.90. The second-order valence-electron chi connectivity index (χ2n) is 4.63. The molecule has 6 heteroatoms. The molecule has 0 bridgehead atoms. The Morgan fingerprint density at radius 1 is 1.04 bits per heavy atom. The van der Waals surface area contributed by atoms with Crippen LogP contribution in [-0.4, -0.2) is 45.5 Å². The van der Waals surface area contributed by atoms with E-state index in [-0.39, 0.29) is 0 Å². The zero-order valence-electron chi connectivity index (χ0n) is 14.3. The lowest BCUT2D eigenvalue weighted by atomic mass is 10.1. The van der Waals surface area contributed by atoms with Crippen LogP contribution >= 0.6 is 0 Å². The third kappa shape index (κ3) is 5.48. The highest BCUT2D eigenvalue weighted by molar-refractivity contribution is 5.87. The molecule has 24 heavy (non-hydrogen) atoms. The zero-order valence-corrected chi connectivity index (χ0v) is 14.3. The summed E-state index contributed by atoms with van der Waals surface area (Å²) in [6, 6.07) is 3.47. The van der Waals surface area contributed by atoms with Crippen LogP contribution in [0.4, 0.5) is 0 Å². The summed E-state index contributed by atoms with van der Waals surface area (Å²) in [6.07, 6.45) is 6.20. The molecule has 0 radical (unpaired) electrons. The fourth-order valence-electron chi connectivity index (χ4n) is 1.96. The van der Waals surface area contributed by atoms with Crippen LogP contribution < -0.4 is 14.2 Å². The topological polar surface area (TPSA) is 57.2 Å². The zero-order chi connectivity index (χ0) is 17.9. The van der Waals surface area contributed by atoms with E-state index in [1.165, 1.54) is 32.5 Å². The van der Waals surface area contributed by atoms with Crippen molar-refractivity contribution in [3.05, 3.63) is 49.1 Å². The number of ether oxygens (including phenoxy) is 3. The molecule has 0 aliphatic rings. The van der Waals surface area contributed by atoms with Crippen molar-refractivity contribution in [2.75, 3.05) is 34.4 Å². The first-order valence-electron chi connectivity index (χ1n) is 7.26. The molecule has 0 heterocycles. The highest BCUT2D eigenvalue weighted by Crippen LogP contribution is 2.38. The molecule has 1 aromatic rings. The molecule has 6 nitrogen and oxygen atoms in total. The van der Waals surface area contributed by atoms with Gasteiger partial charge in [0.25, 0.3) is 0 Å². The molecular weight excluding hydrogens is 310 g/mol. The van der Waals surface area contributed by atoms with Gasteiger partial charge >= 0.3 is 5.97 Å². The number of rotatable bonds is 10. The van der Waals surface area contributed by atoms with Crippen LogP contribution in [0.3, 0.4) is 0 Å². The lowest BCUT2D eigenvalue weighted by Gasteiger charge is -2.16. The van der Waals surface area contributed by atoms with Crippen LogP contribution in [-0.2, 0) is 9.63 Å². The van der Waals surface area contributed by atoms with E-state index in [0.29, 0.717) is 35.9 Å². The fraction of sp³-hybridized carbons (Fsp3) is 0.278. The normalized spacial score (nSPS) is 10.5. The summed E-state index contributed by atoms with van der Waals surface area (Å²) in [6.45, 7) is 8.05. The van der Waals surface area contributed by atoms with Crippen molar-refractivity contribution < 1.29 is 23.8 Å². The summed E-state index contributed by atoms with van der Waals surface area (Å²) in [7, 11) is 4.59. The first kappa shape index (κ1) is 19.3. The minimum absolute atomic E-state index is 0.412. The molecule has 130 valence electrons. The van der Waals surface area contributed by atoms with Crippen LogP contribution in [0.5, 0.6) is 17.2 Å². The Hall–Kier alpha value is -2.73. The molecule has 0 amide bonds. The van der Waals surface area contributed by atoms with E-state index in [9.17, 15) is 4.79 Å². The molecule has 1 rings (SSSR count). The SMILES string of the molecule is C=CCN(CC=C)OC(=O)/C=C/c1cc(OC)c(OC)c(OC)c1. The molecule has 0 aliphatic heterocycles. The van der Waals surface area contributed by atoms with E-state index in [1.807, 2.05) is 0 Å². The molecular formula is C18H23NO5. The number of hydroxylamine groups is 2. The van der Waals surface area contributed by atoms with E-state index in [0.717, 1.165) is 0 Å². The van der Waals surface area contributed by atoms with Gasteiger partial charge in [-0.3, -0.25) is 0 Å². The highest BCUT2D eigenvalue weighted by Gasteiger charge is 2.12. The molecule has 0 atom stereocenters. The Bertz CT molecular complexity index is 574. The molecule has 0 saturated heterocycles. The predicted molar refractivity (Wildman–Crippen MR) is 93.2 cm³/mol. The first-order valence-corrected chi connectivity index (χ1v) is 7.26. The Morgan fingerprint density at radius 3 is 2.00 bits per heavy atom. The number of nitrogens with zero attached hydrogens (tertiary/aromatic N) is 1. The third-order valence-electron chi connectivity index (χ3n) is 2.98. The summed E-state index contributed by atoms with van der Waals surface area (Å²) in [5, 5.41) is 1.45. The maximum Gasteiger partial charge on any atom is 0.349 e. The number of hydrogen-bond acceptors (Lipinski definition) is 6. The monoisotopic (exact) mass is 333 g/mol. The number of hydrogen-bond donors (Lipinski definition) is 0. The third-order valence-corrected chi connectivity index (χ3v) is 2.98. The Morgan fingerprint density at radius 2 is 1.58 bits per heavy atom. The first-order chi connectivity index (χ1) is 11.6. The molecule has 0 aliphatic carbocycles. The van der Waals surface area contributed by atoms with Gasteiger partial charge in [-0.1, -0.05) is 12.2 Å². The summed E-state index contributed by atoms with van der Waals surface area (Å²) >= 11 is 0. The van der Waals surface area contributed by atoms with Crippen molar-refractivity contribution >= 4 is 12.0 Å². The van der Waals surface area contributed by atoms with Gasteiger partial charge in [0.2, 0.25) is 5.75 Å². The predicted octanol–water partition coefficient (Wildman–Crippen LogP) is 2.86. The van der Waals surface area contributed by atoms with E-state index < -0.39 is 5.97 Å². The fourth-order valence-corrected chi connectivity index (χ4v) is 1.96. The van der Waals surface area contributed by atoms with Gasteiger partial charge in [0.1, 0.15) is 0 Å². The lowest BCUT2D eigenvalue weighted by Crippen LogP contribution is -2.26. The number of carbonyl (C=O) groups is 1.